The number of allylic oxidation sites excluding steroid dienone is 1. The first-order chi connectivity index (χ1) is 6.18. The van der Waals surface area contributed by atoms with Gasteiger partial charge in [0.15, 0.2) is 0 Å². The molecule has 0 aromatic carbocycles. The number of anilines is 1. The van der Waals surface area contributed by atoms with Gasteiger partial charge in [-0.3, -0.25) is 0 Å². The molecule has 1 aromatic rings. The largest absolute Gasteiger partial charge is 0.366 e. The SMILES string of the molecule is CC(C)=CCNc1ccnc(C)n1. The highest BCUT2D eigenvalue weighted by molar-refractivity contribution is 5.33. The van der Waals surface area contributed by atoms with E-state index in [9.17, 15) is 0 Å². The highest BCUT2D eigenvalue weighted by atomic mass is 15.0. The molecule has 13 heavy (non-hydrogen) atoms. The summed E-state index contributed by atoms with van der Waals surface area (Å²) in [5.41, 5.74) is 1.30. The zero-order valence-corrected chi connectivity index (χ0v) is 8.33. The van der Waals surface area contributed by atoms with E-state index in [1.165, 1.54) is 5.57 Å². The number of nitrogens with one attached hydrogen (secondary N) is 1. The fourth-order valence-corrected chi connectivity index (χ4v) is 0.914. The molecule has 0 bridgehead atoms. The molecule has 3 nitrogen and oxygen atoms in total. The maximum atomic E-state index is 4.22. The fraction of sp³-hybridized carbons (Fsp3) is 0.400. The van der Waals surface area contributed by atoms with Crippen LogP contribution in [0, 0.1) is 6.92 Å². The van der Waals surface area contributed by atoms with Crippen molar-refractivity contribution in [2.24, 2.45) is 0 Å². The molecule has 0 amide bonds. The lowest BCUT2D eigenvalue weighted by Crippen LogP contribution is -2.02. The second kappa shape index (κ2) is 4.60. The molecule has 0 aliphatic carbocycles. The van der Waals surface area contributed by atoms with Crippen LogP contribution in [-0.4, -0.2) is 16.5 Å². The van der Waals surface area contributed by atoms with Crippen LogP contribution in [0.4, 0.5) is 5.82 Å². The Kier molecular flexibility index (Phi) is 3.43. The molecule has 0 saturated heterocycles. The molecule has 0 spiro atoms. The molecule has 1 N–H and O–H groups in total. The molecule has 0 radical (unpaired) electrons. The summed E-state index contributed by atoms with van der Waals surface area (Å²) in [4.78, 5) is 8.24. The van der Waals surface area contributed by atoms with E-state index in [0.717, 1.165) is 18.2 Å². The van der Waals surface area contributed by atoms with Gasteiger partial charge in [0.25, 0.3) is 0 Å². The van der Waals surface area contributed by atoms with E-state index >= 15 is 0 Å². The van der Waals surface area contributed by atoms with E-state index in [1.807, 2.05) is 13.0 Å². The number of rotatable bonds is 3. The third kappa shape index (κ3) is 3.69. The van der Waals surface area contributed by atoms with E-state index < -0.39 is 0 Å². The van der Waals surface area contributed by atoms with E-state index in [1.54, 1.807) is 6.20 Å². The Labute approximate surface area is 78.9 Å². The van der Waals surface area contributed by atoms with Gasteiger partial charge in [-0.25, -0.2) is 9.97 Å². The van der Waals surface area contributed by atoms with Crippen LogP contribution in [0.15, 0.2) is 23.9 Å². The Bertz CT molecular complexity index is 301. The maximum Gasteiger partial charge on any atom is 0.129 e. The molecule has 0 atom stereocenters. The lowest BCUT2D eigenvalue weighted by Gasteiger charge is -2.02. The summed E-state index contributed by atoms with van der Waals surface area (Å²) in [5, 5.41) is 3.19. The van der Waals surface area contributed by atoms with Crippen molar-refractivity contribution in [2.45, 2.75) is 20.8 Å². The highest BCUT2D eigenvalue weighted by Gasteiger charge is 1.91. The molecule has 1 heterocycles. The summed E-state index contributed by atoms with van der Waals surface area (Å²) in [6, 6.07) is 1.87. The highest BCUT2D eigenvalue weighted by Crippen LogP contribution is 2.00. The van der Waals surface area contributed by atoms with Gasteiger partial charge in [-0.1, -0.05) is 11.6 Å². The zero-order chi connectivity index (χ0) is 9.68. The lowest BCUT2D eigenvalue weighted by atomic mass is 10.3. The van der Waals surface area contributed by atoms with Crippen molar-refractivity contribution >= 4 is 5.82 Å². The van der Waals surface area contributed by atoms with Crippen molar-refractivity contribution in [1.29, 1.82) is 0 Å². The number of hydrogen-bond acceptors (Lipinski definition) is 3. The molecule has 0 unspecified atom stereocenters. The molecular weight excluding hydrogens is 162 g/mol. The van der Waals surface area contributed by atoms with Crippen molar-refractivity contribution in [3.63, 3.8) is 0 Å². The third-order valence-corrected chi connectivity index (χ3v) is 1.57. The van der Waals surface area contributed by atoms with Crippen molar-refractivity contribution < 1.29 is 0 Å². The quantitative estimate of drug-likeness (QED) is 0.719. The molecule has 0 fully saturated rings. The van der Waals surface area contributed by atoms with E-state index in [2.05, 4.69) is 35.2 Å². The number of aromatic nitrogens is 2. The van der Waals surface area contributed by atoms with Gasteiger partial charge in [-0.2, -0.15) is 0 Å². The Morgan fingerprint density at radius 2 is 2.31 bits per heavy atom. The van der Waals surface area contributed by atoms with Gasteiger partial charge in [0, 0.05) is 12.7 Å². The van der Waals surface area contributed by atoms with Gasteiger partial charge in [-0.05, 0) is 26.8 Å². The Balaban J connectivity index is 2.50. The van der Waals surface area contributed by atoms with Crippen LogP contribution in [0.3, 0.4) is 0 Å². The van der Waals surface area contributed by atoms with Crippen LogP contribution in [0.25, 0.3) is 0 Å². The summed E-state index contributed by atoms with van der Waals surface area (Å²) < 4.78 is 0. The van der Waals surface area contributed by atoms with Gasteiger partial charge in [-0.15, -0.1) is 0 Å². The smallest absolute Gasteiger partial charge is 0.129 e. The van der Waals surface area contributed by atoms with E-state index in [4.69, 9.17) is 0 Å². The second-order valence-corrected chi connectivity index (χ2v) is 3.15. The first-order valence-electron chi connectivity index (χ1n) is 4.35. The summed E-state index contributed by atoms with van der Waals surface area (Å²) >= 11 is 0. The standard InChI is InChI=1S/C10H15N3/c1-8(2)4-6-12-10-5-7-11-9(3)13-10/h4-5,7H,6H2,1-3H3,(H,11,12,13). The van der Waals surface area contributed by atoms with E-state index in [-0.39, 0.29) is 0 Å². The van der Waals surface area contributed by atoms with Crippen molar-refractivity contribution in [3.05, 3.63) is 29.7 Å². The Morgan fingerprint density at radius 1 is 1.54 bits per heavy atom. The summed E-state index contributed by atoms with van der Waals surface area (Å²) in [7, 11) is 0. The normalized spacial score (nSPS) is 9.46. The van der Waals surface area contributed by atoms with Crippen LogP contribution in [0.1, 0.15) is 19.7 Å². The molecule has 3 heteroatoms. The average molecular weight is 177 g/mol. The minimum Gasteiger partial charge on any atom is -0.366 e. The van der Waals surface area contributed by atoms with Gasteiger partial charge >= 0.3 is 0 Å². The van der Waals surface area contributed by atoms with Crippen molar-refractivity contribution in [3.8, 4) is 0 Å². The van der Waals surface area contributed by atoms with Crippen LogP contribution in [0.5, 0.6) is 0 Å². The average Bonchev–Trinajstić information content (AvgIpc) is 2.03. The monoisotopic (exact) mass is 177 g/mol. The molecule has 1 aromatic heterocycles. The van der Waals surface area contributed by atoms with Gasteiger partial charge in [0.05, 0.1) is 0 Å². The number of nitrogens with zero attached hydrogens (tertiary/aromatic N) is 2. The van der Waals surface area contributed by atoms with Crippen LogP contribution in [0.2, 0.25) is 0 Å². The minimum absolute atomic E-state index is 0.794. The van der Waals surface area contributed by atoms with Crippen LogP contribution < -0.4 is 5.32 Å². The van der Waals surface area contributed by atoms with E-state index in [0.29, 0.717) is 0 Å². The molecule has 70 valence electrons. The van der Waals surface area contributed by atoms with Gasteiger partial charge in [0.2, 0.25) is 0 Å². The maximum absolute atomic E-state index is 4.22. The molecule has 1 rings (SSSR count). The van der Waals surface area contributed by atoms with Crippen LogP contribution in [-0.2, 0) is 0 Å². The zero-order valence-electron chi connectivity index (χ0n) is 8.33. The van der Waals surface area contributed by atoms with Crippen molar-refractivity contribution in [1.82, 2.24) is 9.97 Å². The van der Waals surface area contributed by atoms with Crippen LogP contribution >= 0.6 is 0 Å². The minimum atomic E-state index is 0.794. The number of hydrogen-bond donors (Lipinski definition) is 1. The molecule has 0 aliphatic rings. The summed E-state index contributed by atoms with van der Waals surface area (Å²) in [5.74, 6) is 1.67. The summed E-state index contributed by atoms with van der Waals surface area (Å²) in [6.45, 7) is 6.85. The topological polar surface area (TPSA) is 37.8 Å². The van der Waals surface area contributed by atoms with Gasteiger partial charge < -0.3 is 5.32 Å². The Morgan fingerprint density at radius 3 is 2.92 bits per heavy atom. The molecule has 0 saturated carbocycles. The Hall–Kier alpha value is -1.38. The summed E-state index contributed by atoms with van der Waals surface area (Å²) in [6.07, 6.45) is 3.88. The first kappa shape index (κ1) is 9.71. The van der Waals surface area contributed by atoms with Crippen molar-refractivity contribution in [2.75, 3.05) is 11.9 Å². The second-order valence-electron chi connectivity index (χ2n) is 3.15. The number of aryl methyl sites for hydroxylation is 1. The lowest BCUT2D eigenvalue weighted by molar-refractivity contribution is 1.04. The van der Waals surface area contributed by atoms with Gasteiger partial charge in [0.1, 0.15) is 11.6 Å². The predicted octanol–water partition coefficient (Wildman–Crippen LogP) is 2.16. The third-order valence-electron chi connectivity index (χ3n) is 1.57. The first-order valence-corrected chi connectivity index (χ1v) is 4.35. The predicted molar refractivity (Wildman–Crippen MR) is 54.7 cm³/mol. The molecule has 0 aliphatic heterocycles. The molecular formula is C10H15N3. The fourth-order valence-electron chi connectivity index (χ4n) is 0.914.